The lowest BCUT2D eigenvalue weighted by Gasteiger charge is -2.22. The normalized spacial score (nSPS) is 16.6. The highest BCUT2D eigenvalue weighted by molar-refractivity contribution is 5.80. The van der Waals surface area contributed by atoms with Gasteiger partial charge in [0.05, 0.1) is 23.6 Å². The van der Waals surface area contributed by atoms with Gasteiger partial charge in [-0.1, -0.05) is 11.6 Å². The molecule has 3 aromatic rings. The van der Waals surface area contributed by atoms with Gasteiger partial charge in [0.15, 0.2) is 5.43 Å². The molecule has 0 unspecified atom stereocenters. The zero-order chi connectivity index (χ0) is 17.7. The standard InChI is InChI=1S/C19H14O6/c1-9-3-4-14-12(5-9)18(21)13(8-23-14)11-7-16(20)25-15-6-10(2)24-19(22)17(11)15/h3-6,8,11H,7H2,1-2H3/t11-/m1/s1. The van der Waals surface area contributed by atoms with Crippen molar-refractivity contribution in [1.29, 1.82) is 0 Å². The summed E-state index contributed by atoms with van der Waals surface area (Å²) in [5.74, 6) is -0.794. The molecule has 3 heterocycles. The highest BCUT2D eigenvalue weighted by atomic mass is 16.5. The van der Waals surface area contributed by atoms with Crippen LogP contribution in [-0.4, -0.2) is 5.97 Å². The van der Waals surface area contributed by atoms with Crippen LogP contribution in [0.1, 0.15) is 34.8 Å². The fourth-order valence-corrected chi connectivity index (χ4v) is 3.19. The van der Waals surface area contributed by atoms with E-state index in [-0.39, 0.29) is 28.7 Å². The Hall–Kier alpha value is -3.15. The molecule has 0 aliphatic carbocycles. The number of carbonyl (C=O) groups is 1. The number of ether oxygens (including phenoxy) is 1. The Morgan fingerprint density at radius 3 is 2.68 bits per heavy atom. The summed E-state index contributed by atoms with van der Waals surface area (Å²) >= 11 is 0. The van der Waals surface area contributed by atoms with Crippen LogP contribution in [0.2, 0.25) is 0 Å². The molecule has 0 radical (unpaired) electrons. The number of hydrogen-bond donors (Lipinski definition) is 0. The Bertz CT molecular complexity index is 1130. The Labute approximate surface area is 141 Å². The van der Waals surface area contributed by atoms with Crippen molar-refractivity contribution < 1.29 is 18.4 Å². The quantitative estimate of drug-likeness (QED) is 0.634. The third-order valence-corrected chi connectivity index (χ3v) is 4.35. The minimum Gasteiger partial charge on any atom is -0.464 e. The van der Waals surface area contributed by atoms with Crippen LogP contribution in [0.25, 0.3) is 11.0 Å². The van der Waals surface area contributed by atoms with Crippen LogP contribution in [0.15, 0.2) is 49.0 Å². The first-order valence-electron chi connectivity index (χ1n) is 7.81. The van der Waals surface area contributed by atoms with Gasteiger partial charge in [0.1, 0.15) is 17.1 Å². The molecule has 0 saturated carbocycles. The minimum absolute atomic E-state index is 0.122. The molecule has 1 aliphatic heterocycles. The molecule has 126 valence electrons. The van der Waals surface area contributed by atoms with Crippen LogP contribution >= 0.6 is 0 Å². The predicted octanol–water partition coefficient (Wildman–Crippen LogP) is 2.80. The average Bonchev–Trinajstić information content (AvgIpc) is 2.54. The second-order valence-electron chi connectivity index (χ2n) is 6.17. The molecule has 25 heavy (non-hydrogen) atoms. The van der Waals surface area contributed by atoms with Crippen molar-refractivity contribution in [3.05, 3.63) is 73.6 Å². The van der Waals surface area contributed by atoms with Gasteiger partial charge in [-0.25, -0.2) is 4.79 Å². The summed E-state index contributed by atoms with van der Waals surface area (Å²) in [6, 6.07) is 6.77. The minimum atomic E-state index is -0.755. The van der Waals surface area contributed by atoms with E-state index in [2.05, 4.69) is 0 Å². The van der Waals surface area contributed by atoms with Crippen molar-refractivity contribution in [3.8, 4) is 5.75 Å². The Morgan fingerprint density at radius 1 is 1.08 bits per heavy atom. The zero-order valence-electron chi connectivity index (χ0n) is 13.6. The maximum Gasteiger partial charge on any atom is 0.343 e. The number of esters is 1. The number of rotatable bonds is 1. The molecule has 1 atom stereocenters. The number of benzene rings is 1. The average molecular weight is 338 g/mol. The monoisotopic (exact) mass is 338 g/mol. The SMILES string of the molecule is Cc1ccc2occ([C@H]3CC(=O)Oc4cc(C)oc(=O)c43)c(=O)c2c1. The first-order valence-corrected chi connectivity index (χ1v) is 7.81. The van der Waals surface area contributed by atoms with Gasteiger partial charge in [0, 0.05) is 17.5 Å². The summed E-state index contributed by atoms with van der Waals surface area (Å²) in [6.45, 7) is 3.46. The topological polar surface area (TPSA) is 86.7 Å². The van der Waals surface area contributed by atoms with Crippen molar-refractivity contribution in [2.45, 2.75) is 26.2 Å². The molecule has 4 rings (SSSR count). The summed E-state index contributed by atoms with van der Waals surface area (Å²) in [5.41, 5.74) is 0.896. The summed E-state index contributed by atoms with van der Waals surface area (Å²) < 4.78 is 15.9. The van der Waals surface area contributed by atoms with E-state index in [0.717, 1.165) is 5.56 Å². The largest absolute Gasteiger partial charge is 0.464 e. The summed E-state index contributed by atoms with van der Waals surface area (Å²) in [5, 5.41) is 0.412. The summed E-state index contributed by atoms with van der Waals surface area (Å²) in [6.07, 6.45) is 1.19. The number of aryl methyl sites for hydroxylation is 2. The third-order valence-electron chi connectivity index (χ3n) is 4.35. The Balaban J connectivity index is 1.99. The van der Waals surface area contributed by atoms with Crippen molar-refractivity contribution >= 4 is 16.9 Å². The van der Waals surface area contributed by atoms with Crippen molar-refractivity contribution in [2.75, 3.05) is 0 Å². The van der Waals surface area contributed by atoms with E-state index in [1.807, 2.05) is 13.0 Å². The molecule has 1 aliphatic rings. The van der Waals surface area contributed by atoms with Gasteiger partial charge in [0.25, 0.3) is 0 Å². The number of hydrogen-bond acceptors (Lipinski definition) is 6. The molecule has 6 heteroatoms. The van der Waals surface area contributed by atoms with Gasteiger partial charge in [-0.2, -0.15) is 0 Å². The van der Waals surface area contributed by atoms with Gasteiger partial charge in [0.2, 0.25) is 0 Å². The van der Waals surface area contributed by atoms with Crippen LogP contribution < -0.4 is 15.8 Å². The van der Waals surface area contributed by atoms with E-state index in [1.165, 1.54) is 12.3 Å². The molecule has 0 saturated heterocycles. The van der Waals surface area contributed by atoms with E-state index in [9.17, 15) is 14.4 Å². The lowest BCUT2D eigenvalue weighted by Crippen LogP contribution is -2.29. The fourth-order valence-electron chi connectivity index (χ4n) is 3.19. The molecule has 0 N–H and O–H groups in total. The lowest BCUT2D eigenvalue weighted by atomic mass is 9.87. The highest BCUT2D eigenvalue weighted by Crippen LogP contribution is 2.36. The molecule has 1 aromatic carbocycles. The molecule has 0 spiro atoms. The van der Waals surface area contributed by atoms with Crippen LogP contribution in [0, 0.1) is 13.8 Å². The smallest absolute Gasteiger partial charge is 0.343 e. The van der Waals surface area contributed by atoms with E-state index < -0.39 is 17.5 Å². The second-order valence-corrected chi connectivity index (χ2v) is 6.17. The maximum absolute atomic E-state index is 12.9. The van der Waals surface area contributed by atoms with Crippen molar-refractivity contribution in [1.82, 2.24) is 0 Å². The lowest BCUT2D eigenvalue weighted by molar-refractivity contribution is -0.135. The molecule has 0 amide bonds. The first-order chi connectivity index (χ1) is 11.9. The summed E-state index contributed by atoms with van der Waals surface area (Å²) in [4.78, 5) is 37.2. The maximum atomic E-state index is 12.9. The van der Waals surface area contributed by atoms with Crippen molar-refractivity contribution in [2.24, 2.45) is 0 Å². The van der Waals surface area contributed by atoms with Gasteiger partial charge < -0.3 is 13.6 Å². The van der Waals surface area contributed by atoms with E-state index in [0.29, 0.717) is 16.7 Å². The van der Waals surface area contributed by atoms with Gasteiger partial charge >= 0.3 is 11.6 Å². The van der Waals surface area contributed by atoms with Gasteiger partial charge in [-0.3, -0.25) is 9.59 Å². The van der Waals surface area contributed by atoms with Gasteiger partial charge in [-0.15, -0.1) is 0 Å². The van der Waals surface area contributed by atoms with Crippen molar-refractivity contribution in [3.63, 3.8) is 0 Å². The number of fused-ring (bicyclic) bond motifs is 2. The third kappa shape index (κ3) is 2.46. The zero-order valence-corrected chi connectivity index (χ0v) is 13.6. The van der Waals surface area contributed by atoms with Crippen LogP contribution in [0.5, 0.6) is 5.75 Å². The molecule has 6 nitrogen and oxygen atoms in total. The molecule has 0 fully saturated rings. The Morgan fingerprint density at radius 2 is 1.88 bits per heavy atom. The molecular weight excluding hydrogens is 324 g/mol. The summed E-state index contributed by atoms with van der Waals surface area (Å²) in [7, 11) is 0. The Kier molecular flexibility index (Phi) is 3.35. The van der Waals surface area contributed by atoms with E-state index in [1.54, 1.807) is 19.1 Å². The highest BCUT2D eigenvalue weighted by Gasteiger charge is 2.34. The number of carbonyl (C=O) groups excluding carboxylic acids is 1. The first kappa shape index (κ1) is 15.4. The van der Waals surface area contributed by atoms with E-state index in [4.69, 9.17) is 13.6 Å². The van der Waals surface area contributed by atoms with Crippen LogP contribution in [0.4, 0.5) is 0 Å². The van der Waals surface area contributed by atoms with E-state index >= 15 is 0 Å². The second kappa shape index (κ2) is 5.44. The van der Waals surface area contributed by atoms with Crippen LogP contribution in [-0.2, 0) is 4.79 Å². The van der Waals surface area contributed by atoms with Crippen LogP contribution in [0.3, 0.4) is 0 Å². The fraction of sp³-hybridized carbons (Fsp3) is 0.211. The van der Waals surface area contributed by atoms with Gasteiger partial charge in [-0.05, 0) is 26.0 Å². The molecular formula is C19H14O6. The predicted molar refractivity (Wildman–Crippen MR) is 89.0 cm³/mol. The molecule has 0 bridgehead atoms. The molecule has 2 aromatic heterocycles.